The van der Waals surface area contributed by atoms with Gasteiger partial charge in [-0.15, -0.1) is 0 Å². The van der Waals surface area contributed by atoms with E-state index in [-0.39, 0.29) is 17.2 Å². The monoisotopic (exact) mass is 509 g/mol. The summed E-state index contributed by atoms with van der Waals surface area (Å²) in [5.41, 5.74) is 3.20. The Morgan fingerprint density at radius 3 is 2.42 bits per heavy atom. The van der Waals surface area contributed by atoms with Crippen LogP contribution in [0.3, 0.4) is 0 Å². The molecule has 7 nitrogen and oxygen atoms in total. The molecule has 0 amide bonds. The Bertz CT molecular complexity index is 1610. The number of imidazole rings is 1. The number of fused-ring (bicyclic) bond motifs is 1. The van der Waals surface area contributed by atoms with Crippen LogP contribution in [0.2, 0.25) is 0 Å². The molecule has 0 saturated carbocycles. The van der Waals surface area contributed by atoms with Gasteiger partial charge in [0.15, 0.2) is 5.65 Å². The van der Waals surface area contributed by atoms with Crippen LogP contribution in [0.4, 0.5) is 20.2 Å². The van der Waals surface area contributed by atoms with Crippen molar-refractivity contribution in [3.8, 4) is 29.2 Å². The van der Waals surface area contributed by atoms with E-state index in [9.17, 15) is 14.9 Å². The maximum absolute atomic E-state index is 15.8. The number of aromatic nitrogens is 3. The van der Waals surface area contributed by atoms with Crippen molar-refractivity contribution >= 4 is 22.5 Å². The molecule has 0 N–H and O–H groups in total. The predicted molar refractivity (Wildman–Crippen MR) is 141 cm³/mol. The minimum atomic E-state index is -0.672. The van der Waals surface area contributed by atoms with Crippen molar-refractivity contribution in [2.45, 2.75) is 25.7 Å². The number of piperidine rings is 1. The van der Waals surface area contributed by atoms with Crippen molar-refractivity contribution < 1.29 is 8.78 Å². The van der Waals surface area contributed by atoms with Gasteiger partial charge in [-0.25, -0.2) is 18.7 Å². The lowest BCUT2D eigenvalue weighted by Crippen LogP contribution is -2.35. The van der Waals surface area contributed by atoms with Gasteiger partial charge in [-0.2, -0.15) is 10.5 Å². The first kappa shape index (κ1) is 23.9. The first-order valence-electron chi connectivity index (χ1n) is 12.8. The zero-order valence-corrected chi connectivity index (χ0v) is 20.7. The number of nitrogens with zero attached hydrogens (tertiary/aromatic N) is 7. The molecule has 1 unspecified atom stereocenters. The molecule has 0 bridgehead atoms. The number of hydrogen-bond donors (Lipinski definition) is 0. The van der Waals surface area contributed by atoms with Crippen molar-refractivity contribution in [2.75, 3.05) is 36.0 Å². The lowest BCUT2D eigenvalue weighted by Gasteiger charge is -2.31. The van der Waals surface area contributed by atoms with Crippen molar-refractivity contribution in [1.82, 2.24) is 14.5 Å². The summed E-state index contributed by atoms with van der Waals surface area (Å²) >= 11 is 0. The molecule has 1 atom stereocenters. The molecular formula is C29H25F2N7. The fourth-order valence-electron chi connectivity index (χ4n) is 5.53. The van der Waals surface area contributed by atoms with E-state index >= 15 is 4.39 Å². The van der Waals surface area contributed by atoms with Crippen molar-refractivity contribution in [2.24, 2.45) is 5.92 Å². The van der Waals surface area contributed by atoms with E-state index in [1.807, 2.05) is 18.2 Å². The molecule has 9 heteroatoms. The maximum Gasteiger partial charge on any atom is 0.167 e. The topological polar surface area (TPSA) is 84.8 Å². The number of pyridine rings is 1. The SMILES string of the molecule is N#Cc1ccc(-c2nc3c(N4CCCC(C#N)C4)ccnc3n2-c2ccc(N3CCCC3)cc2F)cc1F. The second-order valence-corrected chi connectivity index (χ2v) is 9.82. The number of benzene rings is 2. The highest BCUT2D eigenvalue weighted by atomic mass is 19.1. The highest BCUT2D eigenvalue weighted by Crippen LogP contribution is 2.36. The van der Waals surface area contributed by atoms with Crippen molar-refractivity contribution in [3.63, 3.8) is 0 Å². The quantitative estimate of drug-likeness (QED) is 0.357. The largest absolute Gasteiger partial charge is 0.371 e. The molecule has 2 aromatic heterocycles. The third kappa shape index (κ3) is 4.10. The second kappa shape index (κ2) is 9.75. The fraction of sp³-hybridized carbons (Fsp3) is 0.310. The zero-order valence-electron chi connectivity index (χ0n) is 20.7. The first-order valence-corrected chi connectivity index (χ1v) is 12.8. The molecule has 190 valence electrons. The molecule has 6 rings (SSSR count). The second-order valence-electron chi connectivity index (χ2n) is 9.82. The Hall–Kier alpha value is -4.50. The van der Waals surface area contributed by atoms with Gasteiger partial charge in [0.1, 0.15) is 29.0 Å². The van der Waals surface area contributed by atoms with E-state index < -0.39 is 11.6 Å². The highest BCUT2D eigenvalue weighted by Gasteiger charge is 2.26. The molecule has 0 radical (unpaired) electrons. The van der Waals surface area contributed by atoms with Crippen LogP contribution in [-0.4, -0.2) is 40.7 Å². The Morgan fingerprint density at radius 1 is 0.868 bits per heavy atom. The van der Waals surface area contributed by atoms with Crippen molar-refractivity contribution in [1.29, 1.82) is 10.5 Å². The van der Waals surface area contributed by atoms with Crippen molar-refractivity contribution in [3.05, 3.63) is 65.9 Å². The number of nitriles is 2. The molecule has 2 aliphatic heterocycles. The highest BCUT2D eigenvalue weighted by molar-refractivity contribution is 5.90. The van der Waals surface area contributed by atoms with E-state index in [1.54, 1.807) is 22.9 Å². The Balaban J connectivity index is 1.55. The van der Waals surface area contributed by atoms with Gasteiger partial charge in [0.2, 0.25) is 0 Å². The summed E-state index contributed by atoms with van der Waals surface area (Å²) in [7, 11) is 0. The lowest BCUT2D eigenvalue weighted by molar-refractivity contribution is 0.494. The summed E-state index contributed by atoms with van der Waals surface area (Å²) in [5, 5.41) is 18.7. The summed E-state index contributed by atoms with van der Waals surface area (Å²) in [5.74, 6) is -0.866. The summed E-state index contributed by atoms with van der Waals surface area (Å²) < 4.78 is 32.1. The van der Waals surface area contributed by atoms with Gasteiger partial charge < -0.3 is 9.80 Å². The minimum Gasteiger partial charge on any atom is -0.371 e. The van der Waals surface area contributed by atoms with E-state index in [0.717, 1.165) is 56.7 Å². The van der Waals surface area contributed by atoms with Crippen LogP contribution in [-0.2, 0) is 0 Å². The molecule has 0 spiro atoms. The van der Waals surface area contributed by atoms with Gasteiger partial charge in [-0.3, -0.25) is 4.57 Å². The van der Waals surface area contributed by atoms with Crippen LogP contribution >= 0.6 is 0 Å². The number of rotatable bonds is 4. The first-order chi connectivity index (χ1) is 18.6. The van der Waals surface area contributed by atoms with Gasteiger partial charge in [-0.1, -0.05) is 0 Å². The molecule has 2 saturated heterocycles. The van der Waals surface area contributed by atoms with Gasteiger partial charge >= 0.3 is 0 Å². The van der Waals surface area contributed by atoms with Gasteiger partial charge in [0.25, 0.3) is 0 Å². The van der Waals surface area contributed by atoms with E-state index in [4.69, 9.17) is 4.98 Å². The standard InChI is InChI=1S/C29H25F2N7/c30-23-14-20(5-6-21(23)17-33)28-35-27-26(37-13-3-4-19(16-32)18-37)9-10-34-29(27)38(28)25-8-7-22(15-24(25)31)36-11-1-2-12-36/h5-10,14-15,19H,1-4,11-13,18H2. The average Bonchev–Trinajstić information content (AvgIpc) is 3.62. The molecular weight excluding hydrogens is 484 g/mol. The van der Waals surface area contributed by atoms with Gasteiger partial charge in [0, 0.05) is 43.6 Å². The Kier molecular flexibility index (Phi) is 6.13. The molecule has 2 aliphatic rings. The maximum atomic E-state index is 15.8. The normalized spacial score (nSPS) is 17.5. The van der Waals surface area contributed by atoms with Crippen LogP contribution < -0.4 is 9.80 Å². The average molecular weight is 510 g/mol. The number of anilines is 2. The summed E-state index contributed by atoms with van der Waals surface area (Å²) in [6, 6.07) is 15.5. The number of hydrogen-bond acceptors (Lipinski definition) is 6. The lowest BCUT2D eigenvalue weighted by atomic mass is 9.99. The molecule has 2 aromatic carbocycles. The van der Waals surface area contributed by atoms with E-state index in [1.165, 1.54) is 18.2 Å². The minimum absolute atomic E-state index is 0.0766. The van der Waals surface area contributed by atoms with Gasteiger partial charge in [0.05, 0.1) is 28.9 Å². The predicted octanol–water partition coefficient (Wildman–Crippen LogP) is 5.58. The summed E-state index contributed by atoms with van der Waals surface area (Å²) in [6.07, 6.45) is 5.55. The molecule has 0 aliphatic carbocycles. The zero-order chi connectivity index (χ0) is 26.2. The van der Waals surface area contributed by atoms with Gasteiger partial charge in [-0.05, 0) is 68.1 Å². The Labute approximate surface area is 219 Å². The smallest absolute Gasteiger partial charge is 0.167 e. The van der Waals surface area contributed by atoms with Crippen LogP contribution in [0.25, 0.3) is 28.2 Å². The third-order valence-electron chi connectivity index (χ3n) is 7.46. The Morgan fingerprint density at radius 2 is 1.68 bits per heavy atom. The van der Waals surface area contributed by atoms with Crippen LogP contribution in [0.15, 0.2) is 48.7 Å². The van der Waals surface area contributed by atoms with Crippen LogP contribution in [0.5, 0.6) is 0 Å². The number of halogens is 2. The molecule has 38 heavy (non-hydrogen) atoms. The summed E-state index contributed by atoms with van der Waals surface area (Å²) in [6.45, 7) is 3.13. The third-order valence-corrected chi connectivity index (χ3v) is 7.46. The fourth-order valence-corrected chi connectivity index (χ4v) is 5.53. The molecule has 4 aromatic rings. The van der Waals surface area contributed by atoms with E-state index in [2.05, 4.69) is 20.9 Å². The van der Waals surface area contributed by atoms with E-state index in [0.29, 0.717) is 29.1 Å². The summed E-state index contributed by atoms with van der Waals surface area (Å²) in [4.78, 5) is 13.7. The van der Waals surface area contributed by atoms with Crippen LogP contribution in [0, 0.1) is 40.2 Å². The van der Waals surface area contributed by atoms with Crippen LogP contribution in [0.1, 0.15) is 31.2 Å². The molecule has 4 heterocycles. The molecule has 2 fully saturated rings.